The summed E-state index contributed by atoms with van der Waals surface area (Å²) in [6, 6.07) is 2.31. The van der Waals surface area contributed by atoms with E-state index in [1.54, 1.807) is 0 Å². The molecule has 0 amide bonds. The van der Waals surface area contributed by atoms with Crippen molar-refractivity contribution in [3.63, 3.8) is 0 Å². The lowest BCUT2D eigenvalue weighted by Gasteiger charge is -2.34. The third-order valence-electron chi connectivity index (χ3n) is 3.94. The quantitative estimate of drug-likeness (QED) is 0.818. The van der Waals surface area contributed by atoms with Gasteiger partial charge in [-0.3, -0.25) is 0 Å². The minimum Gasteiger partial charge on any atom is -0.396 e. The first-order valence-corrected chi connectivity index (χ1v) is 7.84. The van der Waals surface area contributed by atoms with Crippen LogP contribution in [0.15, 0.2) is 0 Å². The van der Waals surface area contributed by atoms with Gasteiger partial charge >= 0.3 is 0 Å². The van der Waals surface area contributed by atoms with Crippen LogP contribution in [0.25, 0.3) is 0 Å². The van der Waals surface area contributed by atoms with Crippen LogP contribution in [0.2, 0.25) is 0 Å². The van der Waals surface area contributed by atoms with E-state index in [1.807, 2.05) is 13.8 Å². The van der Waals surface area contributed by atoms with Gasteiger partial charge < -0.3 is 15.2 Å². The Bertz CT molecular complexity index is 589. The third-order valence-corrected chi connectivity index (χ3v) is 3.94. The molecule has 120 valence electrons. The smallest absolute Gasteiger partial charge is 0.144 e. The molecular weight excluding hydrogens is 278 g/mol. The Hall–Kier alpha value is -1.64. The molecule has 0 radical (unpaired) electrons. The lowest BCUT2D eigenvalue weighted by Crippen LogP contribution is -2.33. The molecule has 0 fully saturated rings. The van der Waals surface area contributed by atoms with Gasteiger partial charge in [0.2, 0.25) is 0 Å². The number of nitrogens with zero attached hydrogens (tertiary/aromatic N) is 2. The fraction of sp³-hybridized carbons (Fsp3) is 0.647. The molecule has 2 heterocycles. The molecule has 0 aliphatic carbocycles. The zero-order chi connectivity index (χ0) is 16.3. The highest BCUT2D eigenvalue weighted by Crippen LogP contribution is 2.36. The van der Waals surface area contributed by atoms with Crippen LogP contribution in [0.5, 0.6) is 0 Å². The summed E-state index contributed by atoms with van der Waals surface area (Å²) in [5.41, 5.74) is 3.48. The minimum atomic E-state index is -0.267. The molecule has 2 N–H and O–H groups in total. The van der Waals surface area contributed by atoms with Gasteiger partial charge in [-0.2, -0.15) is 5.26 Å². The number of aliphatic hydroxyl groups excluding tert-OH is 1. The van der Waals surface area contributed by atoms with Gasteiger partial charge in [0.25, 0.3) is 0 Å². The first-order chi connectivity index (χ1) is 10.4. The highest BCUT2D eigenvalue weighted by Gasteiger charge is 2.32. The molecule has 0 bridgehead atoms. The van der Waals surface area contributed by atoms with Crippen molar-refractivity contribution in [1.29, 1.82) is 5.26 Å². The van der Waals surface area contributed by atoms with Gasteiger partial charge in [-0.05, 0) is 31.7 Å². The second-order valence-electron chi connectivity index (χ2n) is 6.67. The molecule has 0 spiro atoms. The summed E-state index contributed by atoms with van der Waals surface area (Å²) < 4.78 is 5.92. The highest BCUT2D eigenvalue weighted by atomic mass is 16.5. The zero-order valence-corrected chi connectivity index (χ0v) is 13.9. The van der Waals surface area contributed by atoms with Crippen molar-refractivity contribution >= 4 is 5.82 Å². The number of hydrogen-bond acceptors (Lipinski definition) is 5. The Labute approximate surface area is 132 Å². The first-order valence-electron chi connectivity index (χ1n) is 7.84. The molecule has 5 nitrogen and oxygen atoms in total. The number of fused-ring (bicyclic) bond motifs is 1. The van der Waals surface area contributed by atoms with Gasteiger partial charge in [0, 0.05) is 25.1 Å². The van der Waals surface area contributed by atoms with E-state index in [4.69, 9.17) is 9.84 Å². The van der Waals surface area contributed by atoms with E-state index in [1.165, 1.54) is 0 Å². The fourth-order valence-electron chi connectivity index (χ4n) is 2.80. The van der Waals surface area contributed by atoms with E-state index in [0.717, 1.165) is 16.8 Å². The van der Waals surface area contributed by atoms with Gasteiger partial charge in [-0.1, -0.05) is 13.8 Å². The van der Waals surface area contributed by atoms with Crippen LogP contribution in [0.4, 0.5) is 5.82 Å². The molecule has 1 aliphatic heterocycles. The van der Waals surface area contributed by atoms with E-state index in [9.17, 15) is 5.26 Å². The maximum Gasteiger partial charge on any atom is 0.144 e. The van der Waals surface area contributed by atoms with E-state index in [2.05, 4.69) is 30.2 Å². The molecule has 0 saturated carbocycles. The van der Waals surface area contributed by atoms with Crippen molar-refractivity contribution < 1.29 is 9.84 Å². The van der Waals surface area contributed by atoms with Crippen molar-refractivity contribution in [2.45, 2.75) is 58.7 Å². The topological polar surface area (TPSA) is 78.2 Å². The van der Waals surface area contributed by atoms with Crippen molar-refractivity contribution in [2.75, 3.05) is 18.5 Å². The number of aromatic nitrogens is 1. The second kappa shape index (κ2) is 6.64. The SMILES string of the molecule is CC(C)c1nc(NCCCO)c(C#N)c2c1COC(C)(C)C2. The number of ether oxygens (including phenoxy) is 1. The average molecular weight is 303 g/mol. The van der Waals surface area contributed by atoms with Crippen molar-refractivity contribution in [2.24, 2.45) is 0 Å². The highest BCUT2D eigenvalue weighted by molar-refractivity contribution is 5.60. The van der Waals surface area contributed by atoms with Gasteiger partial charge in [0.15, 0.2) is 0 Å². The summed E-state index contributed by atoms with van der Waals surface area (Å²) in [4.78, 5) is 4.68. The summed E-state index contributed by atoms with van der Waals surface area (Å²) in [7, 11) is 0. The Balaban J connectivity index is 2.52. The average Bonchev–Trinajstić information content (AvgIpc) is 2.45. The lowest BCUT2D eigenvalue weighted by atomic mass is 9.86. The van der Waals surface area contributed by atoms with Crippen LogP contribution in [-0.2, 0) is 17.8 Å². The number of pyridine rings is 1. The Morgan fingerprint density at radius 1 is 1.41 bits per heavy atom. The zero-order valence-electron chi connectivity index (χ0n) is 13.9. The summed E-state index contributed by atoms with van der Waals surface area (Å²) >= 11 is 0. The summed E-state index contributed by atoms with van der Waals surface area (Å²) in [6.45, 7) is 9.54. The molecular formula is C17H25N3O2. The third kappa shape index (κ3) is 3.40. The van der Waals surface area contributed by atoms with E-state index in [0.29, 0.717) is 37.4 Å². The summed E-state index contributed by atoms with van der Waals surface area (Å²) in [5.74, 6) is 0.904. The lowest BCUT2D eigenvalue weighted by molar-refractivity contribution is -0.0407. The van der Waals surface area contributed by atoms with Crippen LogP contribution in [0.3, 0.4) is 0 Å². The minimum absolute atomic E-state index is 0.123. The number of nitriles is 1. The number of rotatable bonds is 5. The normalized spacial score (nSPS) is 16.2. The number of hydrogen-bond donors (Lipinski definition) is 2. The van der Waals surface area contributed by atoms with Gasteiger partial charge in [-0.15, -0.1) is 0 Å². The summed E-state index contributed by atoms with van der Waals surface area (Å²) in [5, 5.41) is 21.7. The Morgan fingerprint density at radius 2 is 2.14 bits per heavy atom. The van der Waals surface area contributed by atoms with Crippen LogP contribution in [0.1, 0.15) is 62.4 Å². The van der Waals surface area contributed by atoms with Crippen LogP contribution < -0.4 is 5.32 Å². The molecule has 1 aromatic rings. The van der Waals surface area contributed by atoms with Crippen LogP contribution >= 0.6 is 0 Å². The summed E-state index contributed by atoms with van der Waals surface area (Å²) in [6.07, 6.45) is 1.34. The molecule has 0 unspecified atom stereocenters. The predicted octanol–water partition coefficient (Wildman–Crippen LogP) is 2.72. The molecule has 5 heteroatoms. The van der Waals surface area contributed by atoms with Crippen LogP contribution in [0, 0.1) is 11.3 Å². The molecule has 0 aromatic carbocycles. The Kier molecular flexibility index (Phi) is 5.05. The first kappa shape index (κ1) is 16.7. The number of aliphatic hydroxyl groups is 1. The van der Waals surface area contributed by atoms with Crippen molar-refractivity contribution in [3.05, 3.63) is 22.4 Å². The van der Waals surface area contributed by atoms with E-state index < -0.39 is 0 Å². The maximum atomic E-state index is 9.61. The maximum absolute atomic E-state index is 9.61. The molecule has 1 aromatic heterocycles. The van der Waals surface area contributed by atoms with Crippen molar-refractivity contribution in [1.82, 2.24) is 4.98 Å². The molecule has 2 rings (SSSR count). The fourth-order valence-corrected chi connectivity index (χ4v) is 2.80. The largest absolute Gasteiger partial charge is 0.396 e. The standard InChI is InChI=1S/C17H25N3O2/c1-11(2)15-14-10-22-17(3,4)8-12(14)13(9-18)16(20-15)19-6-5-7-21/h11,21H,5-8,10H2,1-4H3,(H,19,20). The monoisotopic (exact) mass is 303 g/mol. The van der Waals surface area contributed by atoms with Crippen molar-refractivity contribution in [3.8, 4) is 6.07 Å². The number of nitrogens with one attached hydrogen (secondary N) is 1. The van der Waals surface area contributed by atoms with Gasteiger partial charge in [0.1, 0.15) is 11.9 Å². The Morgan fingerprint density at radius 3 is 2.73 bits per heavy atom. The van der Waals surface area contributed by atoms with E-state index >= 15 is 0 Å². The molecule has 22 heavy (non-hydrogen) atoms. The molecule has 0 atom stereocenters. The number of anilines is 1. The molecule has 1 aliphatic rings. The second-order valence-corrected chi connectivity index (χ2v) is 6.67. The van der Waals surface area contributed by atoms with Gasteiger partial charge in [0.05, 0.1) is 23.5 Å². The van der Waals surface area contributed by atoms with E-state index in [-0.39, 0.29) is 18.1 Å². The predicted molar refractivity (Wildman–Crippen MR) is 85.8 cm³/mol. The molecule has 0 saturated heterocycles. The van der Waals surface area contributed by atoms with Gasteiger partial charge in [-0.25, -0.2) is 4.98 Å². The van der Waals surface area contributed by atoms with Crippen LogP contribution in [-0.4, -0.2) is 28.8 Å².